The second-order valence-corrected chi connectivity index (χ2v) is 6.83. The van der Waals surface area contributed by atoms with Crippen molar-refractivity contribution in [2.45, 2.75) is 11.0 Å². The van der Waals surface area contributed by atoms with Crippen LogP contribution in [0.25, 0.3) is 0 Å². The zero-order valence-electron chi connectivity index (χ0n) is 13.4. The van der Waals surface area contributed by atoms with Crippen LogP contribution in [0.3, 0.4) is 0 Å². The van der Waals surface area contributed by atoms with Crippen molar-refractivity contribution in [1.29, 1.82) is 0 Å². The summed E-state index contributed by atoms with van der Waals surface area (Å²) >= 11 is 0. The number of hydrogen-bond acceptors (Lipinski definition) is 8. The molecule has 0 aliphatic carbocycles. The van der Waals surface area contributed by atoms with Crippen molar-refractivity contribution in [2.75, 3.05) is 38.7 Å². The molecule has 138 valence electrons. The van der Waals surface area contributed by atoms with Crippen LogP contribution in [0, 0.1) is 10.1 Å². The summed E-state index contributed by atoms with van der Waals surface area (Å²) in [6.07, 6.45) is -0.873. The van der Waals surface area contributed by atoms with Crippen molar-refractivity contribution < 1.29 is 27.6 Å². The number of hydrogen-bond donors (Lipinski definition) is 2. The number of nitrogens with one attached hydrogen (secondary N) is 1. The first-order chi connectivity index (χ1) is 11.7. The molecular weight excluding hydrogens is 356 g/mol. The van der Waals surface area contributed by atoms with Crippen molar-refractivity contribution in [3.63, 3.8) is 0 Å². The molecule has 25 heavy (non-hydrogen) atoms. The number of sulfonamides is 1. The van der Waals surface area contributed by atoms with Gasteiger partial charge >= 0.3 is 6.09 Å². The number of nitro benzene ring substituents is 1. The predicted molar refractivity (Wildman–Crippen MR) is 86.7 cm³/mol. The van der Waals surface area contributed by atoms with E-state index in [0.29, 0.717) is 13.2 Å². The lowest BCUT2D eigenvalue weighted by Gasteiger charge is -2.32. The molecule has 0 spiro atoms. The van der Waals surface area contributed by atoms with Crippen LogP contribution in [0.1, 0.15) is 0 Å². The van der Waals surface area contributed by atoms with Crippen LogP contribution in [0.5, 0.6) is 0 Å². The maximum atomic E-state index is 11.5. The Bertz CT molecular complexity index is 768. The number of anilines is 1. The first-order valence-corrected chi connectivity index (χ1v) is 8.76. The van der Waals surface area contributed by atoms with Crippen LogP contribution in [-0.4, -0.2) is 63.8 Å². The molecule has 1 amide bonds. The fourth-order valence-electron chi connectivity index (χ4n) is 2.35. The van der Waals surface area contributed by atoms with Gasteiger partial charge in [-0.15, -0.1) is 0 Å². The monoisotopic (exact) mass is 374 g/mol. The summed E-state index contributed by atoms with van der Waals surface area (Å²) in [4.78, 5) is 23.1. The molecule has 1 aromatic carbocycles. The number of carbonyl (C=O) groups is 1. The first kappa shape index (κ1) is 18.9. The van der Waals surface area contributed by atoms with Gasteiger partial charge in [-0.2, -0.15) is 0 Å². The van der Waals surface area contributed by atoms with Gasteiger partial charge in [-0.05, 0) is 12.1 Å². The summed E-state index contributed by atoms with van der Waals surface area (Å²) in [5.41, 5.74) is -0.302. The lowest BCUT2D eigenvalue weighted by molar-refractivity contribution is -0.384. The van der Waals surface area contributed by atoms with Gasteiger partial charge in [-0.3, -0.25) is 10.1 Å². The van der Waals surface area contributed by atoms with Crippen LogP contribution in [-0.2, 0) is 19.5 Å². The number of amides is 1. The maximum absolute atomic E-state index is 11.5. The van der Waals surface area contributed by atoms with Gasteiger partial charge in [-0.1, -0.05) is 0 Å². The van der Waals surface area contributed by atoms with Gasteiger partial charge in [0.1, 0.15) is 5.69 Å². The van der Waals surface area contributed by atoms with E-state index >= 15 is 0 Å². The third-order valence-corrected chi connectivity index (χ3v) is 4.50. The third-order valence-electron chi connectivity index (χ3n) is 3.59. The Labute approximate surface area is 143 Å². The molecule has 1 unspecified atom stereocenters. The van der Waals surface area contributed by atoms with Gasteiger partial charge in [0.2, 0.25) is 10.0 Å². The van der Waals surface area contributed by atoms with E-state index in [1.807, 2.05) is 0 Å². The average molecular weight is 374 g/mol. The highest BCUT2D eigenvalue weighted by Gasteiger charge is 2.26. The van der Waals surface area contributed by atoms with E-state index in [0.717, 1.165) is 6.07 Å². The van der Waals surface area contributed by atoms with E-state index < -0.39 is 32.8 Å². The molecule has 3 N–H and O–H groups in total. The molecule has 1 saturated heterocycles. The minimum Gasteiger partial charge on any atom is -0.453 e. The summed E-state index contributed by atoms with van der Waals surface area (Å²) in [5.74, 6) is 0. The number of nitro groups is 1. The van der Waals surface area contributed by atoms with Crippen LogP contribution in [0.4, 0.5) is 16.2 Å². The number of nitrogens with zero attached hydrogens (tertiary/aromatic N) is 2. The number of morpholine rings is 1. The summed E-state index contributed by atoms with van der Waals surface area (Å²) in [6.45, 7) is 1.16. The molecular formula is C13H18N4O7S. The van der Waals surface area contributed by atoms with E-state index in [2.05, 4.69) is 10.1 Å². The number of carbonyl (C=O) groups excluding carboxylic acids is 1. The molecule has 1 aliphatic rings. The fourth-order valence-corrected chi connectivity index (χ4v) is 2.88. The number of primary sulfonamides is 1. The van der Waals surface area contributed by atoms with Crippen LogP contribution in [0.15, 0.2) is 23.1 Å². The van der Waals surface area contributed by atoms with Crippen LogP contribution < -0.4 is 10.5 Å². The highest BCUT2D eigenvalue weighted by molar-refractivity contribution is 7.89. The first-order valence-electron chi connectivity index (χ1n) is 7.22. The summed E-state index contributed by atoms with van der Waals surface area (Å²) in [7, 11) is -2.77. The Morgan fingerprint density at radius 3 is 2.88 bits per heavy atom. The molecule has 0 radical (unpaired) electrons. The standard InChI is InChI=1S/C13H18N4O7S/c1-23-13(18)16-4-5-24-9(8-16)7-15-11-3-2-10(25(14,21)22)6-12(11)17(19)20/h2-3,6,9,15H,4-5,7-8H2,1H3,(H2,14,21,22). The van der Waals surface area contributed by atoms with Gasteiger partial charge in [0.15, 0.2) is 0 Å². The van der Waals surface area contributed by atoms with E-state index in [1.165, 1.54) is 24.1 Å². The normalized spacial score (nSPS) is 17.8. The lowest BCUT2D eigenvalue weighted by atomic mass is 10.2. The zero-order valence-corrected chi connectivity index (χ0v) is 14.2. The molecule has 1 aromatic rings. The Balaban J connectivity index is 2.10. The summed E-state index contributed by atoms with van der Waals surface area (Å²) < 4.78 is 32.8. The third kappa shape index (κ3) is 4.78. The molecule has 1 aliphatic heterocycles. The number of rotatable bonds is 5. The molecule has 11 nitrogen and oxygen atoms in total. The maximum Gasteiger partial charge on any atom is 0.409 e. The SMILES string of the molecule is COC(=O)N1CCOC(CNc2ccc(S(N)(=O)=O)cc2[N+](=O)[O-])C1. The van der Waals surface area contributed by atoms with Crippen LogP contribution >= 0.6 is 0 Å². The lowest BCUT2D eigenvalue weighted by Crippen LogP contribution is -2.47. The smallest absolute Gasteiger partial charge is 0.409 e. The molecule has 12 heteroatoms. The van der Waals surface area contributed by atoms with Gasteiger partial charge in [0.25, 0.3) is 5.69 Å². The largest absolute Gasteiger partial charge is 0.453 e. The van der Waals surface area contributed by atoms with Crippen molar-refractivity contribution in [3.8, 4) is 0 Å². The molecule has 0 saturated carbocycles. The highest BCUT2D eigenvalue weighted by atomic mass is 32.2. The molecule has 1 fully saturated rings. The zero-order chi connectivity index (χ0) is 18.6. The minimum atomic E-state index is -4.05. The number of benzene rings is 1. The van der Waals surface area contributed by atoms with Gasteiger partial charge < -0.3 is 19.7 Å². The topological polar surface area (TPSA) is 154 Å². The van der Waals surface area contributed by atoms with Gasteiger partial charge in [0, 0.05) is 19.2 Å². The molecule has 0 aromatic heterocycles. The Kier molecular flexibility index (Phi) is 5.77. The number of ether oxygens (including phenoxy) is 2. The van der Waals surface area contributed by atoms with Crippen LogP contribution in [0.2, 0.25) is 0 Å². The molecule has 1 heterocycles. The van der Waals surface area contributed by atoms with Crippen molar-refractivity contribution in [2.24, 2.45) is 5.14 Å². The molecule has 2 rings (SSSR count). The summed E-state index contributed by atoms with van der Waals surface area (Å²) in [6, 6.07) is 3.33. The number of methoxy groups -OCH3 is 1. The Morgan fingerprint density at radius 1 is 1.56 bits per heavy atom. The number of nitrogens with two attached hydrogens (primary N) is 1. The highest BCUT2D eigenvalue weighted by Crippen LogP contribution is 2.27. The second-order valence-electron chi connectivity index (χ2n) is 5.27. The van der Waals surface area contributed by atoms with Crippen molar-refractivity contribution in [3.05, 3.63) is 28.3 Å². The van der Waals surface area contributed by atoms with Crippen molar-refractivity contribution >= 4 is 27.5 Å². The van der Waals surface area contributed by atoms with E-state index in [1.54, 1.807) is 0 Å². The predicted octanol–water partition coefficient (Wildman–Crippen LogP) is 0.121. The van der Waals surface area contributed by atoms with Gasteiger partial charge in [-0.25, -0.2) is 18.4 Å². The van der Waals surface area contributed by atoms with Gasteiger partial charge in [0.05, 0.1) is 36.2 Å². The molecule has 0 bridgehead atoms. The van der Waals surface area contributed by atoms with E-state index in [9.17, 15) is 23.3 Å². The Hall–Kier alpha value is -2.44. The summed E-state index contributed by atoms with van der Waals surface area (Å²) in [5, 5.41) is 19.0. The fraction of sp³-hybridized carbons (Fsp3) is 0.462. The van der Waals surface area contributed by atoms with E-state index in [-0.39, 0.29) is 23.7 Å². The minimum absolute atomic E-state index is 0.121. The average Bonchev–Trinajstić information content (AvgIpc) is 2.58. The molecule has 1 atom stereocenters. The van der Waals surface area contributed by atoms with Crippen molar-refractivity contribution in [1.82, 2.24) is 4.90 Å². The second kappa shape index (κ2) is 7.63. The Morgan fingerprint density at radius 2 is 2.28 bits per heavy atom. The van der Waals surface area contributed by atoms with E-state index in [4.69, 9.17) is 9.88 Å². The quantitative estimate of drug-likeness (QED) is 0.544.